The molecule has 0 saturated heterocycles. The van der Waals surface area contributed by atoms with Crippen LogP contribution < -0.4 is 5.32 Å². The van der Waals surface area contributed by atoms with Crippen LogP contribution in [0.25, 0.3) is 0 Å². The molecule has 22 heavy (non-hydrogen) atoms. The maximum Gasteiger partial charge on any atom is 0.123 e. The van der Waals surface area contributed by atoms with Crippen LogP contribution in [0.15, 0.2) is 42.5 Å². The first kappa shape index (κ1) is 17.2. The Kier molecular flexibility index (Phi) is 6.21. The number of likely N-dealkylation sites (N-methyl/N-ethyl adjacent to an activating group) is 1. The first-order chi connectivity index (χ1) is 10.5. The number of hydrogen-bond acceptors (Lipinski definition) is 2. The summed E-state index contributed by atoms with van der Waals surface area (Å²) in [4.78, 5) is 2.10. The SMILES string of the molecule is CN(C)C(CNCc1ccc(Cl)cc1Cl)c1ccc(F)cc1. The summed E-state index contributed by atoms with van der Waals surface area (Å²) >= 11 is 12.1. The van der Waals surface area contributed by atoms with Crippen LogP contribution in [0, 0.1) is 5.82 Å². The molecule has 2 nitrogen and oxygen atoms in total. The summed E-state index contributed by atoms with van der Waals surface area (Å²) < 4.78 is 13.0. The number of benzene rings is 2. The van der Waals surface area contributed by atoms with Gasteiger partial charge in [0.2, 0.25) is 0 Å². The van der Waals surface area contributed by atoms with Gasteiger partial charge in [-0.05, 0) is 49.5 Å². The van der Waals surface area contributed by atoms with E-state index in [1.54, 1.807) is 6.07 Å². The highest BCUT2D eigenvalue weighted by Gasteiger charge is 2.14. The second-order valence-electron chi connectivity index (χ2n) is 5.40. The van der Waals surface area contributed by atoms with Crippen LogP contribution in [-0.2, 0) is 6.54 Å². The van der Waals surface area contributed by atoms with E-state index in [4.69, 9.17) is 23.2 Å². The zero-order valence-corrected chi connectivity index (χ0v) is 14.1. The van der Waals surface area contributed by atoms with Crippen molar-refractivity contribution in [3.05, 3.63) is 69.5 Å². The van der Waals surface area contributed by atoms with Gasteiger partial charge >= 0.3 is 0 Å². The van der Waals surface area contributed by atoms with Crippen molar-refractivity contribution in [2.45, 2.75) is 12.6 Å². The molecule has 2 rings (SSSR count). The predicted octanol–water partition coefficient (Wildman–Crippen LogP) is 4.53. The highest BCUT2D eigenvalue weighted by atomic mass is 35.5. The minimum Gasteiger partial charge on any atom is -0.311 e. The van der Waals surface area contributed by atoms with Crippen LogP contribution in [0.1, 0.15) is 17.2 Å². The molecule has 0 aliphatic heterocycles. The lowest BCUT2D eigenvalue weighted by Crippen LogP contribution is -2.30. The molecule has 2 aromatic carbocycles. The summed E-state index contributed by atoms with van der Waals surface area (Å²) in [5.74, 6) is -0.220. The van der Waals surface area contributed by atoms with Gasteiger partial charge in [0.05, 0.1) is 0 Å². The quantitative estimate of drug-likeness (QED) is 0.831. The highest BCUT2D eigenvalue weighted by molar-refractivity contribution is 6.35. The van der Waals surface area contributed by atoms with E-state index >= 15 is 0 Å². The maximum absolute atomic E-state index is 13.0. The average Bonchev–Trinajstić information content (AvgIpc) is 2.46. The Morgan fingerprint density at radius 1 is 1.09 bits per heavy atom. The van der Waals surface area contributed by atoms with Crippen molar-refractivity contribution in [2.24, 2.45) is 0 Å². The van der Waals surface area contributed by atoms with E-state index < -0.39 is 0 Å². The Bertz CT molecular complexity index is 615. The van der Waals surface area contributed by atoms with Gasteiger partial charge in [-0.15, -0.1) is 0 Å². The van der Waals surface area contributed by atoms with Crippen molar-refractivity contribution in [1.82, 2.24) is 10.2 Å². The maximum atomic E-state index is 13.0. The van der Waals surface area contributed by atoms with E-state index in [-0.39, 0.29) is 11.9 Å². The van der Waals surface area contributed by atoms with Gasteiger partial charge in [0, 0.05) is 29.2 Å². The van der Waals surface area contributed by atoms with E-state index in [1.807, 2.05) is 38.4 Å². The average molecular weight is 341 g/mol. The zero-order chi connectivity index (χ0) is 16.1. The number of halogens is 3. The molecule has 0 aliphatic carbocycles. The molecule has 0 aliphatic rings. The van der Waals surface area contributed by atoms with Gasteiger partial charge in [-0.3, -0.25) is 0 Å². The van der Waals surface area contributed by atoms with Gasteiger partial charge in [-0.25, -0.2) is 4.39 Å². The van der Waals surface area contributed by atoms with Gasteiger partial charge in [-0.1, -0.05) is 41.4 Å². The fourth-order valence-corrected chi connectivity index (χ4v) is 2.77. The zero-order valence-electron chi connectivity index (χ0n) is 12.6. The lowest BCUT2D eigenvalue weighted by atomic mass is 10.1. The Hall–Kier alpha value is -1.13. The van der Waals surface area contributed by atoms with Crippen LogP contribution in [0.3, 0.4) is 0 Å². The predicted molar refractivity (Wildman–Crippen MR) is 91.0 cm³/mol. The lowest BCUT2D eigenvalue weighted by Gasteiger charge is -2.25. The standard InChI is InChI=1S/C17H19Cl2FN2/c1-22(2)17(12-4-7-15(20)8-5-12)11-21-10-13-3-6-14(18)9-16(13)19/h3-9,17,21H,10-11H2,1-2H3. The van der Waals surface area contributed by atoms with Crippen molar-refractivity contribution >= 4 is 23.2 Å². The molecule has 2 aromatic rings. The Morgan fingerprint density at radius 2 is 1.77 bits per heavy atom. The Balaban J connectivity index is 1.99. The highest BCUT2D eigenvalue weighted by Crippen LogP contribution is 2.22. The van der Waals surface area contributed by atoms with Crippen LogP contribution in [0.4, 0.5) is 4.39 Å². The molecule has 5 heteroatoms. The number of nitrogens with zero attached hydrogens (tertiary/aromatic N) is 1. The smallest absolute Gasteiger partial charge is 0.123 e. The fourth-order valence-electron chi connectivity index (χ4n) is 2.29. The summed E-state index contributed by atoms with van der Waals surface area (Å²) in [6, 6.07) is 12.3. The fraction of sp³-hybridized carbons (Fsp3) is 0.294. The molecule has 0 saturated carbocycles. The third-order valence-corrected chi connectivity index (χ3v) is 4.13. The molecule has 0 heterocycles. The molecular formula is C17H19Cl2FN2. The van der Waals surface area contributed by atoms with Crippen molar-refractivity contribution in [3.63, 3.8) is 0 Å². The third kappa shape index (κ3) is 4.68. The normalized spacial score (nSPS) is 12.6. The van der Waals surface area contributed by atoms with E-state index in [0.717, 1.165) is 17.7 Å². The summed E-state index contributed by atoms with van der Waals surface area (Å²) in [6.07, 6.45) is 0. The summed E-state index contributed by atoms with van der Waals surface area (Å²) in [5, 5.41) is 4.68. The Labute approximate surface area is 140 Å². The molecule has 1 atom stereocenters. The van der Waals surface area contributed by atoms with Crippen molar-refractivity contribution < 1.29 is 4.39 Å². The van der Waals surface area contributed by atoms with Crippen molar-refractivity contribution in [1.29, 1.82) is 0 Å². The second-order valence-corrected chi connectivity index (χ2v) is 6.24. The number of nitrogens with one attached hydrogen (secondary N) is 1. The van der Waals surface area contributed by atoms with Gasteiger partial charge < -0.3 is 10.2 Å². The molecule has 0 spiro atoms. The van der Waals surface area contributed by atoms with E-state index in [9.17, 15) is 4.39 Å². The van der Waals surface area contributed by atoms with Crippen molar-refractivity contribution in [3.8, 4) is 0 Å². The first-order valence-electron chi connectivity index (χ1n) is 7.04. The van der Waals surface area contributed by atoms with E-state index in [1.165, 1.54) is 12.1 Å². The van der Waals surface area contributed by atoms with Gasteiger partial charge in [0.1, 0.15) is 5.82 Å². The summed E-state index contributed by atoms with van der Waals surface area (Å²) in [5.41, 5.74) is 2.07. The molecule has 0 aromatic heterocycles. The van der Waals surface area contributed by atoms with Crippen molar-refractivity contribution in [2.75, 3.05) is 20.6 Å². The van der Waals surface area contributed by atoms with Gasteiger partial charge in [0.15, 0.2) is 0 Å². The topological polar surface area (TPSA) is 15.3 Å². The molecule has 1 unspecified atom stereocenters. The molecule has 0 fully saturated rings. The largest absolute Gasteiger partial charge is 0.311 e. The molecule has 0 bridgehead atoms. The van der Waals surface area contributed by atoms with Gasteiger partial charge in [-0.2, -0.15) is 0 Å². The Morgan fingerprint density at radius 3 is 2.36 bits per heavy atom. The summed E-state index contributed by atoms with van der Waals surface area (Å²) in [6.45, 7) is 1.39. The third-order valence-electron chi connectivity index (χ3n) is 3.55. The second kappa shape index (κ2) is 7.93. The lowest BCUT2D eigenvalue weighted by molar-refractivity contribution is 0.288. The monoisotopic (exact) mass is 340 g/mol. The minimum absolute atomic E-state index is 0.159. The molecule has 118 valence electrons. The van der Waals surface area contributed by atoms with E-state index in [2.05, 4.69) is 10.2 Å². The molecular weight excluding hydrogens is 322 g/mol. The minimum atomic E-state index is -0.220. The number of rotatable bonds is 6. The molecule has 0 amide bonds. The first-order valence-corrected chi connectivity index (χ1v) is 7.79. The molecule has 0 radical (unpaired) electrons. The number of hydrogen-bond donors (Lipinski definition) is 1. The molecule has 1 N–H and O–H groups in total. The van der Waals surface area contributed by atoms with E-state index in [0.29, 0.717) is 16.6 Å². The van der Waals surface area contributed by atoms with Gasteiger partial charge in [0.25, 0.3) is 0 Å². The van der Waals surface area contributed by atoms with Crippen LogP contribution in [0.5, 0.6) is 0 Å². The van der Waals surface area contributed by atoms with Crippen LogP contribution >= 0.6 is 23.2 Å². The van der Waals surface area contributed by atoms with Crippen LogP contribution in [-0.4, -0.2) is 25.5 Å². The van der Waals surface area contributed by atoms with Crippen LogP contribution in [0.2, 0.25) is 10.0 Å². The summed E-state index contributed by atoms with van der Waals surface area (Å²) in [7, 11) is 4.01.